The fourth-order valence-corrected chi connectivity index (χ4v) is 3.91. The number of aromatic nitrogens is 1. The zero-order valence-electron chi connectivity index (χ0n) is 14.8. The van der Waals surface area contributed by atoms with E-state index in [-0.39, 0.29) is 23.3 Å². The molecule has 1 saturated carbocycles. The third-order valence-electron chi connectivity index (χ3n) is 5.49. The lowest BCUT2D eigenvalue weighted by Crippen LogP contribution is -2.34. The number of rotatable bonds is 4. The van der Waals surface area contributed by atoms with Gasteiger partial charge in [0.25, 0.3) is 0 Å². The molecule has 0 unspecified atom stereocenters. The average Bonchev–Trinajstić information content (AvgIpc) is 3.22. The highest BCUT2D eigenvalue weighted by Gasteiger charge is 2.61. The third-order valence-corrected chi connectivity index (χ3v) is 5.74. The van der Waals surface area contributed by atoms with Crippen LogP contribution in [0, 0.1) is 11.3 Å². The van der Waals surface area contributed by atoms with Crippen LogP contribution in [0.15, 0.2) is 48.8 Å². The van der Waals surface area contributed by atoms with Gasteiger partial charge in [0.15, 0.2) is 0 Å². The maximum atomic E-state index is 12.5. The number of pyridine rings is 1. The summed E-state index contributed by atoms with van der Waals surface area (Å²) in [4.78, 5) is 30.7. The standard InChI is InChI=1S/C20H21ClN4O2/c21-15-1-3-16(4-2-15)24-19(27)25-10-7-20(13-25)11-17(20)18(26)23-12-14-5-8-22-9-6-14/h1-6,8-9,17H,7,10-13H2,(H,23,26)(H,24,27)/t17-,20+/m1/s1. The highest BCUT2D eigenvalue weighted by atomic mass is 35.5. The zero-order chi connectivity index (χ0) is 18.9. The van der Waals surface area contributed by atoms with Crippen LogP contribution in [0.5, 0.6) is 0 Å². The topological polar surface area (TPSA) is 74.3 Å². The number of hydrogen-bond donors (Lipinski definition) is 2. The zero-order valence-corrected chi connectivity index (χ0v) is 15.6. The van der Waals surface area contributed by atoms with Gasteiger partial charge in [-0.1, -0.05) is 11.6 Å². The van der Waals surface area contributed by atoms with Crippen LogP contribution in [0.25, 0.3) is 0 Å². The summed E-state index contributed by atoms with van der Waals surface area (Å²) in [6.07, 6.45) is 5.15. The largest absolute Gasteiger partial charge is 0.352 e. The number of hydrogen-bond acceptors (Lipinski definition) is 3. The van der Waals surface area contributed by atoms with E-state index >= 15 is 0 Å². The molecule has 1 aromatic carbocycles. The highest BCUT2D eigenvalue weighted by Crippen LogP contribution is 2.58. The number of urea groups is 1. The van der Waals surface area contributed by atoms with Crippen molar-refractivity contribution < 1.29 is 9.59 Å². The summed E-state index contributed by atoms with van der Waals surface area (Å²) >= 11 is 5.87. The number of halogens is 1. The molecule has 2 aliphatic rings. The number of likely N-dealkylation sites (tertiary alicyclic amines) is 1. The normalized spacial score (nSPS) is 23.3. The van der Waals surface area contributed by atoms with Crippen molar-refractivity contribution in [2.75, 3.05) is 18.4 Å². The molecule has 2 aromatic rings. The maximum absolute atomic E-state index is 12.5. The third kappa shape index (κ3) is 3.90. The van der Waals surface area contributed by atoms with Gasteiger partial charge in [-0.05, 0) is 54.8 Å². The molecule has 2 atom stereocenters. The van der Waals surface area contributed by atoms with E-state index in [0.29, 0.717) is 30.3 Å². The van der Waals surface area contributed by atoms with Crippen LogP contribution in [0.2, 0.25) is 5.02 Å². The van der Waals surface area contributed by atoms with Gasteiger partial charge < -0.3 is 15.5 Å². The first-order valence-corrected chi connectivity index (χ1v) is 9.42. The lowest BCUT2D eigenvalue weighted by Gasteiger charge is -2.17. The summed E-state index contributed by atoms with van der Waals surface area (Å²) in [7, 11) is 0. The van der Waals surface area contributed by atoms with Crippen LogP contribution in [0.1, 0.15) is 18.4 Å². The first-order chi connectivity index (χ1) is 13.1. The first kappa shape index (κ1) is 17.8. The van der Waals surface area contributed by atoms with E-state index in [0.717, 1.165) is 18.4 Å². The minimum absolute atomic E-state index is 0.00679. The molecule has 0 bridgehead atoms. The molecule has 1 saturated heterocycles. The van der Waals surface area contributed by atoms with Crippen molar-refractivity contribution in [1.29, 1.82) is 0 Å². The lowest BCUT2D eigenvalue weighted by molar-refractivity contribution is -0.123. The van der Waals surface area contributed by atoms with Gasteiger partial charge in [-0.2, -0.15) is 0 Å². The molecule has 7 heteroatoms. The number of amides is 3. The molecule has 1 spiro atoms. The van der Waals surface area contributed by atoms with Gasteiger partial charge in [0.1, 0.15) is 0 Å². The Hall–Kier alpha value is -2.60. The lowest BCUT2D eigenvalue weighted by atomic mass is 10.0. The van der Waals surface area contributed by atoms with Crippen LogP contribution in [-0.2, 0) is 11.3 Å². The summed E-state index contributed by atoms with van der Waals surface area (Å²) < 4.78 is 0. The highest BCUT2D eigenvalue weighted by molar-refractivity contribution is 6.30. The Morgan fingerprint density at radius 2 is 1.93 bits per heavy atom. The Morgan fingerprint density at radius 3 is 2.67 bits per heavy atom. The van der Waals surface area contributed by atoms with Crippen molar-refractivity contribution in [2.24, 2.45) is 11.3 Å². The van der Waals surface area contributed by atoms with Crippen molar-refractivity contribution in [3.05, 3.63) is 59.4 Å². The van der Waals surface area contributed by atoms with Crippen molar-refractivity contribution in [3.8, 4) is 0 Å². The molecule has 2 N–H and O–H groups in total. The molecule has 140 valence electrons. The van der Waals surface area contributed by atoms with Gasteiger partial charge in [0.05, 0.1) is 0 Å². The van der Waals surface area contributed by atoms with Crippen LogP contribution >= 0.6 is 11.6 Å². The Balaban J connectivity index is 1.28. The number of benzene rings is 1. The van der Waals surface area contributed by atoms with E-state index in [4.69, 9.17) is 11.6 Å². The van der Waals surface area contributed by atoms with E-state index in [2.05, 4.69) is 15.6 Å². The second kappa shape index (κ2) is 7.19. The second-order valence-corrected chi connectivity index (χ2v) is 7.74. The average molecular weight is 385 g/mol. The van der Waals surface area contributed by atoms with Gasteiger partial charge >= 0.3 is 6.03 Å². The van der Waals surface area contributed by atoms with E-state index in [1.807, 2.05) is 12.1 Å². The quantitative estimate of drug-likeness (QED) is 0.849. The SMILES string of the molecule is O=C(NCc1ccncc1)[C@H]1C[C@]12CCN(C(=O)Nc1ccc(Cl)cc1)C2. The molecule has 2 fully saturated rings. The Labute approximate surface area is 162 Å². The minimum atomic E-state index is -0.128. The Kier molecular flexibility index (Phi) is 4.74. The van der Waals surface area contributed by atoms with E-state index in [1.165, 1.54) is 0 Å². The summed E-state index contributed by atoms with van der Waals surface area (Å²) in [5, 5.41) is 6.52. The van der Waals surface area contributed by atoms with Crippen LogP contribution in [-0.4, -0.2) is 34.9 Å². The summed E-state index contributed by atoms with van der Waals surface area (Å²) in [6, 6.07) is 10.7. The smallest absolute Gasteiger partial charge is 0.321 e. The molecule has 6 nitrogen and oxygen atoms in total. The molecule has 0 radical (unpaired) electrons. The summed E-state index contributed by atoms with van der Waals surface area (Å²) in [5.41, 5.74) is 1.69. The Bertz CT molecular complexity index is 843. The molecule has 3 amide bonds. The molecule has 2 heterocycles. The van der Waals surface area contributed by atoms with Crippen molar-refractivity contribution in [2.45, 2.75) is 19.4 Å². The number of nitrogens with one attached hydrogen (secondary N) is 2. The monoisotopic (exact) mass is 384 g/mol. The molecule has 1 aromatic heterocycles. The van der Waals surface area contributed by atoms with Crippen molar-refractivity contribution in [1.82, 2.24) is 15.2 Å². The van der Waals surface area contributed by atoms with Gasteiger partial charge in [-0.25, -0.2) is 4.79 Å². The van der Waals surface area contributed by atoms with E-state index in [1.54, 1.807) is 41.6 Å². The van der Waals surface area contributed by atoms with Crippen LogP contribution in [0.3, 0.4) is 0 Å². The van der Waals surface area contributed by atoms with Gasteiger partial charge in [-0.15, -0.1) is 0 Å². The van der Waals surface area contributed by atoms with Crippen LogP contribution in [0.4, 0.5) is 10.5 Å². The van der Waals surface area contributed by atoms with Gasteiger partial charge in [0.2, 0.25) is 5.91 Å². The summed E-state index contributed by atoms with van der Waals surface area (Å²) in [6.45, 7) is 1.81. The fourth-order valence-electron chi connectivity index (χ4n) is 3.79. The van der Waals surface area contributed by atoms with Crippen molar-refractivity contribution >= 4 is 29.2 Å². The molecule has 1 aliphatic carbocycles. The number of anilines is 1. The van der Waals surface area contributed by atoms with E-state index < -0.39 is 0 Å². The van der Waals surface area contributed by atoms with Crippen molar-refractivity contribution in [3.63, 3.8) is 0 Å². The number of carbonyl (C=O) groups excluding carboxylic acids is 2. The molecule has 4 rings (SSSR count). The van der Waals surface area contributed by atoms with Gasteiger partial charge in [-0.3, -0.25) is 9.78 Å². The predicted octanol–water partition coefficient (Wildman–Crippen LogP) is 3.30. The molecular weight excluding hydrogens is 364 g/mol. The maximum Gasteiger partial charge on any atom is 0.321 e. The predicted molar refractivity (Wildman–Crippen MR) is 103 cm³/mol. The molecule has 1 aliphatic heterocycles. The number of nitrogens with zero attached hydrogens (tertiary/aromatic N) is 2. The Morgan fingerprint density at radius 1 is 1.19 bits per heavy atom. The van der Waals surface area contributed by atoms with E-state index in [9.17, 15) is 9.59 Å². The van der Waals surface area contributed by atoms with Crippen LogP contribution < -0.4 is 10.6 Å². The minimum Gasteiger partial charge on any atom is -0.352 e. The fraction of sp³-hybridized carbons (Fsp3) is 0.350. The first-order valence-electron chi connectivity index (χ1n) is 9.04. The number of carbonyl (C=O) groups is 2. The molecule has 27 heavy (non-hydrogen) atoms. The second-order valence-electron chi connectivity index (χ2n) is 7.30. The summed E-state index contributed by atoms with van der Waals surface area (Å²) in [5.74, 6) is 0.0689. The van der Waals surface area contributed by atoms with Gasteiger partial charge in [0, 0.05) is 54.1 Å². The molecular formula is C20H21ClN4O2.